The fraction of sp³-hybridized carbons (Fsp3) is 0.481. The maximum atomic E-state index is 13.7. The SMILES string of the molecule is CCCCOC(=O)NN(C(=O)Cc1ccc(Cl)c(Cl)c1)[C@H](CN1CC[C@H](OCOC)C1)c1ccccc1. The molecule has 1 saturated heterocycles. The molecule has 10 heteroatoms. The van der Waals surface area contributed by atoms with Crippen molar-refractivity contribution in [3.8, 4) is 0 Å². The topological polar surface area (TPSA) is 80.3 Å². The molecule has 1 fully saturated rings. The molecule has 0 aromatic heterocycles. The second kappa shape index (κ2) is 15.1. The minimum Gasteiger partial charge on any atom is -0.448 e. The van der Waals surface area contributed by atoms with Crippen molar-refractivity contribution >= 4 is 35.2 Å². The van der Waals surface area contributed by atoms with Gasteiger partial charge in [-0.15, -0.1) is 0 Å². The highest BCUT2D eigenvalue weighted by molar-refractivity contribution is 6.42. The Balaban J connectivity index is 1.85. The number of rotatable bonds is 12. The third-order valence-electron chi connectivity index (χ3n) is 6.13. The van der Waals surface area contributed by atoms with Crippen molar-refractivity contribution in [1.29, 1.82) is 0 Å². The summed E-state index contributed by atoms with van der Waals surface area (Å²) >= 11 is 12.2. The van der Waals surface area contributed by atoms with Gasteiger partial charge in [0.1, 0.15) is 6.79 Å². The van der Waals surface area contributed by atoms with Gasteiger partial charge < -0.3 is 14.2 Å². The van der Waals surface area contributed by atoms with Crippen LogP contribution in [0.1, 0.15) is 43.4 Å². The van der Waals surface area contributed by atoms with Gasteiger partial charge >= 0.3 is 6.09 Å². The number of likely N-dealkylation sites (tertiary alicyclic amines) is 1. The van der Waals surface area contributed by atoms with Crippen LogP contribution in [0.15, 0.2) is 48.5 Å². The van der Waals surface area contributed by atoms with Crippen LogP contribution >= 0.6 is 23.2 Å². The number of ether oxygens (including phenoxy) is 3. The lowest BCUT2D eigenvalue weighted by molar-refractivity contribution is -0.136. The zero-order valence-electron chi connectivity index (χ0n) is 21.3. The Morgan fingerprint density at radius 1 is 1.16 bits per heavy atom. The van der Waals surface area contributed by atoms with Crippen molar-refractivity contribution in [1.82, 2.24) is 15.3 Å². The molecule has 1 aliphatic heterocycles. The van der Waals surface area contributed by atoms with Crippen molar-refractivity contribution in [2.75, 3.05) is 40.1 Å². The number of unbranched alkanes of at least 4 members (excludes halogenated alkanes) is 1. The van der Waals surface area contributed by atoms with Gasteiger partial charge in [-0.3, -0.25) is 9.69 Å². The molecule has 0 bridgehead atoms. The maximum absolute atomic E-state index is 13.7. The van der Waals surface area contributed by atoms with Crippen molar-refractivity contribution in [3.63, 3.8) is 0 Å². The number of hydrazine groups is 1. The minimum atomic E-state index is -0.667. The Kier molecular flexibility index (Phi) is 12.0. The Morgan fingerprint density at radius 2 is 1.95 bits per heavy atom. The monoisotopic (exact) mass is 551 g/mol. The lowest BCUT2D eigenvalue weighted by Gasteiger charge is -2.34. The van der Waals surface area contributed by atoms with Crippen LogP contribution in [-0.4, -0.2) is 68.2 Å². The van der Waals surface area contributed by atoms with Gasteiger partial charge in [-0.2, -0.15) is 0 Å². The molecule has 2 aromatic rings. The fourth-order valence-electron chi connectivity index (χ4n) is 4.18. The van der Waals surface area contributed by atoms with E-state index in [0.717, 1.165) is 31.4 Å². The number of halogens is 2. The van der Waals surface area contributed by atoms with Gasteiger partial charge in [0.2, 0.25) is 5.91 Å². The van der Waals surface area contributed by atoms with Gasteiger partial charge in [-0.25, -0.2) is 15.2 Å². The molecule has 0 saturated carbocycles. The van der Waals surface area contributed by atoms with E-state index in [1.165, 1.54) is 5.01 Å². The molecule has 202 valence electrons. The number of methoxy groups -OCH3 is 1. The molecule has 0 radical (unpaired) electrons. The first kappa shape index (κ1) is 29.2. The van der Waals surface area contributed by atoms with E-state index in [4.69, 9.17) is 37.4 Å². The average Bonchev–Trinajstić information content (AvgIpc) is 3.35. The molecular weight excluding hydrogens is 517 g/mol. The van der Waals surface area contributed by atoms with Crippen molar-refractivity contribution in [3.05, 3.63) is 69.7 Å². The van der Waals surface area contributed by atoms with E-state index >= 15 is 0 Å². The average molecular weight is 552 g/mol. The second-order valence-corrected chi connectivity index (χ2v) is 9.77. The fourth-order valence-corrected chi connectivity index (χ4v) is 4.50. The van der Waals surface area contributed by atoms with Gasteiger partial charge in [-0.1, -0.05) is 72.9 Å². The molecule has 37 heavy (non-hydrogen) atoms. The first-order valence-corrected chi connectivity index (χ1v) is 13.2. The molecule has 2 aromatic carbocycles. The smallest absolute Gasteiger partial charge is 0.426 e. The molecule has 2 amide bonds. The molecule has 8 nitrogen and oxygen atoms in total. The van der Waals surface area contributed by atoms with Crippen LogP contribution in [0.3, 0.4) is 0 Å². The van der Waals surface area contributed by atoms with E-state index in [0.29, 0.717) is 28.7 Å². The number of benzene rings is 2. The molecule has 1 heterocycles. The van der Waals surface area contributed by atoms with Gasteiger partial charge in [-0.05, 0) is 36.1 Å². The van der Waals surface area contributed by atoms with Gasteiger partial charge in [0.15, 0.2) is 0 Å². The van der Waals surface area contributed by atoms with E-state index in [1.807, 2.05) is 37.3 Å². The summed E-state index contributed by atoms with van der Waals surface area (Å²) in [7, 11) is 1.60. The number of carbonyl (C=O) groups is 2. The summed E-state index contributed by atoms with van der Waals surface area (Å²) in [6.45, 7) is 4.52. The van der Waals surface area contributed by atoms with Gasteiger partial charge in [0.25, 0.3) is 0 Å². The summed E-state index contributed by atoms with van der Waals surface area (Å²) < 4.78 is 16.1. The van der Waals surface area contributed by atoms with Crippen molar-refractivity contribution < 1.29 is 23.8 Å². The predicted molar refractivity (Wildman–Crippen MR) is 143 cm³/mol. The maximum Gasteiger partial charge on any atom is 0.426 e. The molecular formula is C27H35Cl2N3O5. The standard InChI is InChI=1S/C27H35Cl2N3O5/c1-3-4-14-36-27(34)30-32(26(33)16-20-10-11-23(28)24(29)15-20)25(21-8-6-5-7-9-21)18-31-13-12-22(17-31)37-19-35-2/h5-11,15,22,25H,3-4,12-14,16-19H2,1-2H3,(H,30,34)/t22-,25+/m0/s1. The van der Waals surface area contributed by atoms with Crippen molar-refractivity contribution in [2.24, 2.45) is 0 Å². The molecule has 0 spiro atoms. The highest BCUT2D eigenvalue weighted by atomic mass is 35.5. The largest absolute Gasteiger partial charge is 0.448 e. The number of amides is 2. The minimum absolute atomic E-state index is 0.0229. The number of nitrogens with one attached hydrogen (secondary N) is 1. The Hall–Kier alpha value is -2.36. The van der Waals surface area contributed by atoms with E-state index in [1.54, 1.807) is 25.3 Å². The van der Waals surface area contributed by atoms with Gasteiger partial charge in [0, 0.05) is 26.7 Å². The lowest BCUT2D eigenvalue weighted by Crippen LogP contribution is -2.51. The van der Waals surface area contributed by atoms with Crippen LogP contribution in [0.2, 0.25) is 10.0 Å². The van der Waals surface area contributed by atoms with Gasteiger partial charge in [0.05, 0.1) is 35.2 Å². The van der Waals surface area contributed by atoms with Crippen molar-refractivity contribution in [2.45, 2.75) is 44.8 Å². The first-order chi connectivity index (χ1) is 17.9. The highest BCUT2D eigenvalue weighted by Crippen LogP contribution is 2.26. The van der Waals surface area contributed by atoms with Crippen LogP contribution < -0.4 is 5.43 Å². The summed E-state index contributed by atoms with van der Waals surface area (Å²) in [5, 5.41) is 2.16. The number of hydrogen-bond donors (Lipinski definition) is 1. The van der Waals surface area contributed by atoms with E-state index in [-0.39, 0.29) is 31.8 Å². The Morgan fingerprint density at radius 3 is 2.65 bits per heavy atom. The normalized spacial score (nSPS) is 16.4. The van der Waals surface area contributed by atoms with Crippen LogP contribution in [0.25, 0.3) is 0 Å². The Bertz CT molecular complexity index is 1010. The highest BCUT2D eigenvalue weighted by Gasteiger charge is 2.32. The molecule has 2 atom stereocenters. The summed E-state index contributed by atoms with van der Waals surface area (Å²) in [5.41, 5.74) is 4.30. The summed E-state index contributed by atoms with van der Waals surface area (Å²) in [4.78, 5) is 28.6. The summed E-state index contributed by atoms with van der Waals surface area (Å²) in [6, 6.07) is 14.2. The molecule has 1 N–H and O–H groups in total. The van der Waals surface area contributed by atoms with Crippen LogP contribution in [0, 0.1) is 0 Å². The molecule has 3 rings (SSSR count). The van der Waals surface area contributed by atoms with E-state index in [2.05, 4.69) is 10.3 Å². The van der Waals surface area contributed by atoms with Crippen LogP contribution in [0.4, 0.5) is 4.79 Å². The van der Waals surface area contributed by atoms with Crippen LogP contribution in [0.5, 0.6) is 0 Å². The Labute approximate surface area is 228 Å². The molecule has 0 unspecified atom stereocenters. The molecule has 1 aliphatic rings. The predicted octanol–water partition coefficient (Wildman–Crippen LogP) is 5.24. The lowest BCUT2D eigenvalue weighted by atomic mass is 10.0. The second-order valence-electron chi connectivity index (χ2n) is 8.96. The third-order valence-corrected chi connectivity index (χ3v) is 6.87. The number of carbonyl (C=O) groups excluding carboxylic acids is 2. The first-order valence-electron chi connectivity index (χ1n) is 12.5. The van der Waals surface area contributed by atoms with Crippen LogP contribution in [-0.2, 0) is 25.4 Å². The third kappa shape index (κ3) is 9.16. The summed E-state index contributed by atoms with van der Waals surface area (Å²) in [6.07, 6.45) is 1.89. The number of hydrogen-bond acceptors (Lipinski definition) is 6. The van der Waals surface area contributed by atoms with E-state index in [9.17, 15) is 9.59 Å². The zero-order valence-corrected chi connectivity index (χ0v) is 22.8. The van der Waals surface area contributed by atoms with E-state index < -0.39 is 12.1 Å². The number of nitrogens with zero attached hydrogens (tertiary/aromatic N) is 2. The summed E-state index contributed by atoms with van der Waals surface area (Å²) in [5.74, 6) is -0.300. The quantitative estimate of drug-likeness (QED) is 0.220. The zero-order chi connectivity index (χ0) is 26.6. The molecule has 0 aliphatic carbocycles.